The van der Waals surface area contributed by atoms with Crippen LogP contribution in [0, 0.1) is 0 Å². The molecule has 1 aromatic carbocycles. The fourth-order valence-corrected chi connectivity index (χ4v) is 3.20. The Balaban J connectivity index is 1.93. The van der Waals surface area contributed by atoms with Crippen LogP contribution in [0.4, 0.5) is 11.8 Å². The van der Waals surface area contributed by atoms with Crippen molar-refractivity contribution in [3.05, 3.63) is 35.1 Å². The van der Waals surface area contributed by atoms with Gasteiger partial charge in [-0.1, -0.05) is 30.7 Å². The van der Waals surface area contributed by atoms with E-state index in [2.05, 4.69) is 25.6 Å². The molecule has 2 heterocycles. The number of nitrogens with zero attached hydrogens (tertiary/aromatic N) is 4. The Kier molecular flexibility index (Phi) is 5.62. The number of para-hydroxylation sites is 1. The van der Waals surface area contributed by atoms with Crippen molar-refractivity contribution in [3.63, 3.8) is 0 Å². The molecular weight excluding hydrogens is 380 g/mol. The van der Waals surface area contributed by atoms with E-state index in [4.69, 9.17) is 11.6 Å². The standard InChI is InChI=1S/C19H25ClN6O2/c1-5-13(19(2,3)28)23-18-24-16(14-17(25-18)26(4)10-22-14)21-9-11-7-6-8-12(20)15(11)27/h6-8,10,13,27-28H,5,9H2,1-4H3,(H2,21,23,24,25). The largest absolute Gasteiger partial charge is 0.506 e. The molecule has 9 heteroatoms. The van der Waals surface area contributed by atoms with Crippen molar-refractivity contribution >= 4 is 34.5 Å². The van der Waals surface area contributed by atoms with Crippen LogP contribution in [0.15, 0.2) is 24.5 Å². The van der Waals surface area contributed by atoms with Gasteiger partial charge in [0.2, 0.25) is 5.95 Å². The molecule has 3 rings (SSSR count). The molecule has 3 aromatic rings. The topological polar surface area (TPSA) is 108 Å². The summed E-state index contributed by atoms with van der Waals surface area (Å²) >= 11 is 5.98. The monoisotopic (exact) mass is 404 g/mol. The second kappa shape index (κ2) is 7.81. The van der Waals surface area contributed by atoms with E-state index in [1.54, 1.807) is 42.9 Å². The molecule has 0 fully saturated rings. The van der Waals surface area contributed by atoms with Gasteiger partial charge in [-0.3, -0.25) is 0 Å². The minimum atomic E-state index is -0.931. The highest BCUT2D eigenvalue weighted by Gasteiger charge is 2.26. The summed E-state index contributed by atoms with van der Waals surface area (Å²) in [7, 11) is 1.85. The highest BCUT2D eigenvalue weighted by Crippen LogP contribution is 2.28. The maximum absolute atomic E-state index is 10.4. The number of hydrogen-bond donors (Lipinski definition) is 4. The van der Waals surface area contributed by atoms with Crippen LogP contribution in [0.3, 0.4) is 0 Å². The lowest BCUT2D eigenvalue weighted by Crippen LogP contribution is -2.41. The third-order valence-electron chi connectivity index (χ3n) is 4.64. The lowest BCUT2D eigenvalue weighted by Gasteiger charge is -2.29. The van der Waals surface area contributed by atoms with Gasteiger partial charge in [0, 0.05) is 19.2 Å². The molecule has 0 saturated heterocycles. The Morgan fingerprint density at radius 2 is 2.04 bits per heavy atom. The van der Waals surface area contributed by atoms with Crippen molar-refractivity contribution in [1.29, 1.82) is 0 Å². The fraction of sp³-hybridized carbons (Fsp3) is 0.421. The van der Waals surface area contributed by atoms with Crippen LogP contribution in [0.2, 0.25) is 5.02 Å². The van der Waals surface area contributed by atoms with E-state index < -0.39 is 5.60 Å². The first-order valence-corrected chi connectivity index (χ1v) is 9.46. The molecule has 150 valence electrons. The molecule has 0 aliphatic heterocycles. The highest BCUT2D eigenvalue weighted by atomic mass is 35.5. The van der Waals surface area contributed by atoms with Crippen LogP contribution in [-0.4, -0.2) is 41.4 Å². The minimum absolute atomic E-state index is 0.0365. The number of anilines is 2. The molecular formula is C19H25ClN6O2. The van der Waals surface area contributed by atoms with Gasteiger partial charge in [0.05, 0.1) is 23.0 Å². The first kappa shape index (κ1) is 20.2. The zero-order valence-corrected chi connectivity index (χ0v) is 17.1. The van der Waals surface area contributed by atoms with Gasteiger partial charge < -0.3 is 25.4 Å². The number of nitrogens with one attached hydrogen (secondary N) is 2. The van der Waals surface area contributed by atoms with Crippen molar-refractivity contribution < 1.29 is 10.2 Å². The maximum Gasteiger partial charge on any atom is 0.227 e. The normalized spacial score (nSPS) is 12.9. The molecule has 4 N–H and O–H groups in total. The molecule has 0 spiro atoms. The smallest absolute Gasteiger partial charge is 0.227 e. The van der Waals surface area contributed by atoms with Gasteiger partial charge in [-0.25, -0.2) is 4.98 Å². The lowest BCUT2D eigenvalue weighted by molar-refractivity contribution is 0.0577. The summed E-state index contributed by atoms with van der Waals surface area (Å²) in [6, 6.07) is 4.97. The molecule has 28 heavy (non-hydrogen) atoms. The van der Waals surface area contributed by atoms with Gasteiger partial charge in [-0.05, 0) is 26.3 Å². The SMILES string of the molecule is CCC(Nc1nc(NCc2cccc(Cl)c2O)c2ncn(C)c2n1)C(C)(C)O. The van der Waals surface area contributed by atoms with E-state index in [-0.39, 0.29) is 11.8 Å². The van der Waals surface area contributed by atoms with Crippen molar-refractivity contribution in [2.75, 3.05) is 10.6 Å². The van der Waals surface area contributed by atoms with E-state index >= 15 is 0 Å². The third-order valence-corrected chi connectivity index (χ3v) is 4.95. The number of aliphatic hydroxyl groups is 1. The van der Waals surface area contributed by atoms with Gasteiger partial charge in [0.1, 0.15) is 5.75 Å². The second-order valence-corrected chi connectivity index (χ2v) is 7.69. The van der Waals surface area contributed by atoms with Gasteiger partial charge in [-0.15, -0.1) is 0 Å². The number of benzene rings is 1. The van der Waals surface area contributed by atoms with Crippen molar-refractivity contribution in [2.45, 2.75) is 45.4 Å². The molecule has 0 amide bonds. The number of aromatic hydroxyl groups is 1. The van der Waals surface area contributed by atoms with Gasteiger partial charge >= 0.3 is 0 Å². The van der Waals surface area contributed by atoms with E-state index in [1.807, 2.05) is 14.0 Å². The predicted molar refractivity (Wildman–Crippen MR) is 111 cm³/mol. The van der Waals surface area contributed by atoms with E-state index in [1.165, 1.54) is 0 Å². The summed E-state index contributed by atoms with van der Waals surface area (Å²) in [6.45, 7) is 5.80. The summed E-state index contributed by atoms with van der Waals surface area (Å²) in [5, 5.41) is 27.2. The Morgan fingerprint density at radius 1 is 1.29 bits per heavy atom. The molecule has 2 aromatic heterocycles. The Hall–Kier alpha value is -2.58. The molecule has 0 aliphatic carbocycles. The molecule has 0 radical (unpaired) electrons. The number of phenols is 1. The Labute approximate surface area is 168 Å². The number of phenolic OH excluding ortho intramolecular Hbond substituents is 1. The van der Waals surface area contributed by atoms with Gasteiger partial charge in [-0.2, -0.15) is 9.97 Å². The maximum atomic E-state index is 10.4. The van der Waals surface area contributed by atoms with Gasteiger partial charge in [0.25, 0.3) is 0 Å². The molecule has 0 bridgehead atoms. The summed E-state index contributed by atoms with van der Waals surface area (Å²) in [5.74, 6) is 0.954. The average molecular weight is 405 g/mol. The van der Waals surface area contributed by atoms with Crippen molar-refractivity contribution in [2.24, 2.45) is 7.05 Å². The van der Waals surface area contributed by atoms with E-state index in [0.717, 1.165) is 0 Å². The van der Waals surface area contributed by atoms with Crippen LogP contribution in [0.1, 0.15) is 32.8 Å². The number of fused-ring (bicyclic) bond motifs is 1. The van der Waals surface area contributed by atoms with Crippen LogP contribution < -0.4 is 10.6 Å². The van der Waals surface area contributed by atoms with Crippen molar-refractivity contribution in [1.82, 2.24) is 19.5 Å². The Bertz CT molecular complexity index is 982. The summed E-state index contributed by atoms with van der Waals surface area (Å²) in [5.41, 5.74) is 0.985. The summed E-state index contributed by atoms with van der Waals surface area (Å²) < 4.78 is 1.80. The molecule has 0 saturated carbocycles. The second-order valence-electron chi connectivity index (χ2n) is 7.28. The first-order chi connectivity index (χ1) is 13.2. The van der Waals surface area contributed by atoms with Crippen LogP contribution >= 0.6 is 11.6 Å². The molecule has 0 aliphatic rings. The number of aryl methyl sites for hydroxylation is 1. The number of halogens is 1. The molecule has 1 unspecified atom stereocenters. The Morgan fingerprint density at radius 3 is 2.71 bits per heavy atom. The number of aromatic nitrogens is 4. The zero-order chi connectivity index (χ0) is 20.5. The zero-order valence-electron chi connectivity index (χ0n) is 16.4. The van der Waals surface area contributed by atoms with Crippen LogP contribution in [-0.2, 0) is 13.6 Å². The minimum Gasteiger partial charge on any atom is -0.506 e. The third kappa shape index (κ3) is 4.13. The summed E-state index contributed by atoms with van der Waals surface area (Å²) in [6.07, 6.45) is 2.37. The average Bonchev–Trinajstić information content (AvgIpc) is 3.01. The van der Waals surface area contributed by atoms with Crippen molar-refractivity contribution in [3.8, 4) is 5.75 Å². The fourth-order valence-electron chi connectivity index (χ4n) is 3.01. The molecule has 1 atom stereocenters. The van der Waals surface area contributed by atoms with Crippen LogP contribution in [0.25, 0.3) is 11.2 Å². The predicted octanol–water partition coefficient (Wildman–Crippen LogP) is 3.30. The number of rotatable bonds is 7. The number of imidazole rings is 1. The number of hydrogen-bond acceptors (Lipinski definition) is 7. The summed E-state index contributed by atoms with van der Waals surface area (Å²) in [4.78, 5) is 13.5. The van der Waals surface area contributed by atoms with E-state index in [0.29, 0.717) is 46.5 Å². The van der Waals surface area contributed by atoms with Crippen LogP contribution in [0.5, 0.6) is 5.75 Å². The highest BCUT2D eigenvalue weighted by molar-refractivity contribution is 6.32. The van der Waals surface area contributed by atoms with E-state index in [9.17, 15) is 10.2 Å². The first-order valence-electron chi connectivity index (χ1n) is 9.09. The van der Waals surface area contributed by atoms with Gasteiger partial charge in [0.15, 0.2) is 17.0 Å². The molecule has 8 nitrogen and oxygen atoms in total. The lowest BCUT2D eigenvalue weighted by atomic mass is 9.97. The quantitative estimate of drug-likeness (QED) is 0.478.